The van der Waals surface area contributed by atoms with Gasteiger partial charge in [0.05, 0.1) is 5.56 Å². The average Bonchev–Trinajstić information content (AvgIpc) is 2.65. The van der Waals surface area contributed by atoms with Crippen molar-refractivity contribution in [2.24, 2.45) is 0 Å². The van der Waals surface area contributed by atoms with E-state index in [9.17, 15) is 8.78 Å². The zero-order valence-electron chi connectivity index (χ0n) is 13.5. The zero-order chi connectivity index (χ0) is 17.8. The van der Waals surface area contributed by atoms with Crippen molar-refractivity contribution in [3.63, 3.8) is 0 Å². The summed E-state index contributed by atoms with van der Waals surface area (Å²) >= 11 is 0. The maximum atomic E-state index is 14.6. The number of benzene rings is 3. The Morgan fingerprint density at radius 3 is 2.28 bits per heavy atom. The van der Waals surface area contributed by atoms with Crippen LogP contribution in [0.5, 0.6) is 0 Å². The summed E-state index contributed by atoms with van der Waals surface area (Å²) in [4.78, 5) is 0. The molecule has 0 atom stereocenters. The lowest BCUT2D eigenvalue weighted by Gasteiger charge is -2.14. The molecule has 0 saturated heterocycles. The molecule has 1 nitrogen and oxygen atoms in total. The van der Waals surface area contributed by atoms with Crippen LogP contribution in [0.2, 0.25) is 0 Å². The SMILES string of the molecule is C=CCc1ccc(-c2ccccc2)c(-c2ccc(C#N)c(F)c2F)c1. The van der Waals surface area contributed by atoms with Crippen LogP contribution >= 0.6 is 0 Å². The topological polar surface area (TPSA) is 23.8 Å². The highest BCUT2D eigenvalue weighted by Gasteiger charge is 2.17. The third-order valence-corrected chi connectivity index (χ3v) is 4.04. The molecule has 3 rings (SSSR count). The fourth-order valence-electron chi connectivity index (χ4n) is 2.82. The van der Waals surface area contributed by atoms with Crippen molar-refractivity contribution in [2.75, 3.05) is 0 Å². The van der Waals surface area contributed by atoms with E-state index in [0.29, 0.717) is 12.0 Å². The molecule has 0 aliphatic rings. The Morgan fingerprint density at radius 2 is 1.60 bits per heavy atom. The van der Waals surface area contributed by atoms with Gasteiger partial charge in [0.25, 0.3) is 0 Å². The highest BCUT2D eigenvalue weighted by atomic mass is 19.2. The third-order valence-electron chi connectivity index (χ3n) is 4.04. The number of nitriles is 1. The highest BCUT2D eigenvalue weighted by Crippen LogP contribution is 2.35. The van der Waals surface area contributed by atoms with E-state index in [1.807, 2.05) is 48.5 Å². The molecule has 0 aliphatic heterocycles. The highest BCUT2D eigenvalue weighted by molar-refractivity contribution is 5.84. The molecule has 0 spiro atoms. The summed E-state index contributed by atoms with van der Waals surface area (Å²) in [5, 5.41) is 8.88. The van der Waals surface area contributed by atoms with E-state index in [-0.39, 0.29) is 11.1 Å². The van der Waals surface area contributed by atoms with Crippen LogP contribution in [0.3, 0.4) is 0 Å². The first-order valence-electron chi connectivity index (χ1n) is 7.83. The lowest BCUT2D eigenvalue weighted by Crippen LogP contribution is -1.96. The van der Waals surface area contributed by atoms with E-state index in [0.717, 1.165) is 16.7 Å². The van der Waals surface area contributed by atoms with Crippen molar-refractivity contribution in [2.45, 2.75) is 6.42 Å². The minimum atomic E-state index is -1.12. The van der Waals surface area contributed by atoms with Crippen LogP contribution in [0.25, 0.3) is 22.3 Å². The van der Waals surface area contributed by atoms with Gasteiger partial charge in [-0.3, -0.25) is 0 Å². The largest absolute Gasteiger partial charge is 0.203 e. The second-order valence-electron chi connectivity index (χ2n) is 5.64. The van der Waals surface area contributed by atoms with Gasteiger partial charge in [0, 0.05) is 5.56 Å². The Balaban J connectivity index is 2.27. The van der Waals surface area contributed by atoms with Crippen molar-refractivity contribution in [3.05, 3.63) is 96.1 Å². The molecule has 0 saturated carbocycles. The lowest BCUT2D eigenvalue weighted by atomic mass is 9.91. The van der Waals surface area contributed by atoms with E-state index in [2.05, 4.69) is 6.58 Å². The van der Waals surface area contributed by atoms with E-state index in [1.165, 1.54) is 12.1 Å². The van der Waals surface area contributed by atoms with E-state index >= 15 is 0 Å². The molecule has 0 aliphatic carbocycles. The third kappa shape index (κ3) is 3.20. The van der Waals surface area contributed by atoms with Crippen LogP contribution in [0.15, 0.2) is 73.3 Å². The molecule has 25 heavy (non-hydrogen) atoms. The normalized spacial score (nSPS) is 10.3. The van der Waals surface area contributed by atoms with Crippen LogP contribution in [-0.4, -0.2) is 0 Å². The van der Waals surface area contributed by atoms with Gasteiger partial charge in [-0.05, 0) is 40.8 Å². The number of rotatable bonds is 4. The smallest absolute Gasteiger partial charge is 0.177 e. The van der Waals surface area contributed by atoms with Gasteiger partial charge in [0.15, 0.2) is 11.6 Å². The first kappa shape index (κ1) is 16.6. The molecule has 0 bridgehead atoms. The number of halogens is 2. The van der Waals surface area contributed by atoms with Gasteiger partial charge in [-0.1, -0.05) is 54.6 Å². The van der Waals surface area contributed by atoms with Crippen molar-refractivity contribution in [3.8, 4) is 28.3 Å². The predicted molar refractivity (Wildman–Crippen MR) is 95.8 cm³/mol. The maximum absolute atomic E-state index is 14.6. The average molecular weight is 331 g/mol. The standard InChI is InChI=1S/C22H15F2N/c1-2-6-15-9-11-18(16-7-4-3-5-8-16)20(13-15)19-12-10-17(14-25)21(23)22(19)24/h2-5,7-13H,1,6H2. The molecule has 0 N–H and O–H groups in total. The summed E-state index contributed by atoms with van der Waals surface area (Å²) in [5.74, 6) is -2.12. The van der Waals surface area contributed by atoms with E-state index in [1.54, 1.807) is 12.1 Å². The molecule has 3 aromatic carbocycles. The van der Waals surface area contributed by atoms with Crippen molar-refractivity contribution in [1.29, 1.82) is 5.26 Å². The molecule has 0 heterocycles. The summed E-state index contributed by atoms with van der Waals surface area (Å²) in [5.41, 5.74) is 3.09. The van der Waals surface area contributed by atoms with Crippen LogP contribution in [0, 0.1) is 23.0 Å². The number of allylic oxidation sites excluding steroid dienone is 1. The van der Waals surface area contributed by atoms with Crippen LogP contribution in [0.4, 0.5) is 8.78 Å². The first-order chi connectivity index (χ1) is 12.2. The number of nitrogens with zero attached hydrogens (tertiary/aromatic N) is 1. The van der Waals surface area contributed by atoms with Crippen LogP contribution in [-0.2, 0) is 6.42 Å². The van der Waals surface area contributed by atoms with Gasteiger partial charge < -0.3 is 0 Å². The van der Waals surface area contributed by atoms with Gasteiger partial charge in [-0.15, -0.1) is 6.58 Å². The van der Waals surface area contributed by atoms with Crippen molar-refractivity contribution >= 4 is 0 Å². The molecule has 0 unspecified atom stereocenters. The van der Waals surface area contributed by atoms with Gasteiger partial charge in [0.1, 0.15) is 6.07 Å². The van der Waals surface area contributed by atoms with Gasteiger partial charge in [0.2, 0.25) is 0 Å². The monoisotopic (exact) mass is 331 g/mol. The fraction of sp³-hybridized carbons (Fsp3) is 0.0455. The molecule has 122 valence electrons. The Kier molecular flexibility index (Phi) is 4.72. The summed E-state index contributed by atoms with van der Waals surface area (Å²) in [6.45, 7) is 3.72. The van der Waals surface area contributed by atoms with Gasteiger partial charge in [-0.25, -0.2) is 8.78 Å². The molecular formula is C22H15F2N. The van der Waals surface area contributed by atoms with Crippen LogP contribution in [0.1, 0.15) is 11.1 Å². The van der Waals surface area contributed by atoms with Gasteiger partial charge >= 0.3 is 0 Å². The Labute approximate surface area is 145 Å². The minimum absolute atomic E-state index is 0.140. The number of hydrogen-bond acceptors (Lipinski definition) is 1. The second kappa shape index (κ2) is 7.11. The zero-order valence-corrected chi connectivity index (χ0v) is 13.5. The first-order valence-corrected chi connectivity index (χ1v) is 7.83. The molecular weight excluding hydrogens is 316 g/mol. The predicted octanol–water partition coefficient (Wildman–Crippen LogP) is 5.90. The maximum Gasteiger partial charge on any atom is 0.177 e. The summed E-state index contributed by atoms with van der Waals surface area (Å²) in [6.07, 6.45) is 2.39. The molecule has 3 aromatic rings. The minimum Gasteiger partial charge on any atom is -0.203 e. The molecule has 0 radical (unpaired) electrons. The summed E-state index contributed by atoms with van der Waals surface area (Å²) < 4.78 is 28.7. The van der Waals surface area contributed by atoms with Gasteiger partial charge in [-0.2, -0.15) is 5.26 Å². The molecule has 3 heteroatoms. The number of hydrogen-bond donors (Lipinski definition) is 0. The van der Waals surface area contributed by atoms with Crippen molar-refractivity contribution in [1.82, 2.24) is 0 Å². The lowest BCUT2D eigenvalue weighted by molar-refractivity contribution is 0.509. The second-order valence-corrected chi connectivity index (χ2v) is 5.64. The Morgan fingerprint density at radius 1 is 0.880 bits per heavy atom. The quantitative estimate of drug-likeness (QED) is 0.546. The van der Waals surface area contributed by atoms with E-state index < -0.39 is 11.6 Å². The van der Waals surface area contributed by atoms with Crippen LogP contribution < -0.4 is 0 Å². The summed E-state index contributed by atoms with van der Waals surface area (Å²) in [7, 11) is 0. The Bertz CT molecular complexity index is 969. The molecule has 0 fully saturated rings. The molecule has 0 aromatic heterocycles. The van der Waals surface area contributed by atoms with E-state index in [4.69, 9.17) is 5.26 Å². The summed E-state index contributed by atoms with van der Waals surface area (Å²) in [6, 6.07) is 19.7. The fourth-order valence-corrected chi connectivity index (χ4v) is 2.82. The Hall–Kier alpha value is -3.25. The molecule has 0 amide bonds. The van der Waals surface area contributed by atoms with Crippen molar-refractivity contribution < 1.29 is 8.78 Å².